The molecular weight excluding hydrogens is 246 g/mol. The van der Waals surface area contributed by atoms with Gasteiger partial charge in [-0.1, -0.05) is 6.07 Å². The molecule has 0 saturated heterocycles. The number of methoxy groups -OCH3 is 1. The van der Waals surface area contributed by atoms with Crippen LogP contribution in [0.15, 0.2) is 22.7 Å². The zero-order valence-electron chi connectivity index (χ0n) is 8.34. The highest BCUT2D eigenvalue weighted by Crippen LogP contribution is 2.25. The van der Waals surface area contributed by atoms with E-state index in [1.165, 1.54) is 0 Å². The Labute approximate surface area is 92.5 Å². The molecule has 0 aliphatic carbocycles. The summed E-state index contributed by atoms with van der Waals surface area (Å²) in [6.45, 7) is 3.30. The maximum Gasteiger partial charge on any atom is 0.133 e. The molecule has 14 heavy (non-hydrogen) atoms. The van der Waals surface area contributed by atoms with Gasteiger partial charge in [0, 0.05) is 6.54 Å². The fourth-order valence-electron chi connectivity index (χ4n) is 1.06. The van der Waals surface area contributed by atoms with Crippen LogP contribution < -0.4 is 10.2 Å². The SMILES string of the molecule is CCONCc1ccc(OC)c(Br)c1. The van der Waals surface area contributed by atoms with Gasteiger partial charge < -0.3 is 9.57 Å². The second-order valence-electron chi connectivity index (χ2n) is 2.72. The zero-order valence-corrected chi connectivity index (χ0v) is 9.93. The van der Waals surface area contributed by atoms with E-state index in [1.807, 2.05) is 25.1 Å². The summed E-state index contributed by atoms with van der Waals surface area (Å²) in [5, 5.41) is 0. The molecule has 4 heteroatoms. The third kappa shape index (κ3) is 3.29. The van der Waals surface area contributed by atoms with Crippen molar-refractivity contribution in [3.8, 4) is 5.75 Å². The Morgan fingerprint density at radius 2 is 2.21 bits per heavy atom. The van der Waals surface area contributed by atoms with Crippen molar-refractivity contribution >= 4 is 15.9 Å². The highest BCUT2D eigenvalue weighted by atomic mass is 79.9. The van der Waals surface area contributed by atoms with E-state index in [0.29, 0.717) is 13.2 Å². The summed E-state index contributed by atoms with van der Waals surface area (Å²) in [6, 6.07) is 5.92. The molecule has 3 nitrogen and oxygen atoms in total. The molecule has 0 aromatic heterocycles. The minimum absolute atomic E-state index is 0.664. The molecule has 1 rings (SSSR count). The number of hydrogen-bond donors (Lipinski definition) is 1. The van der Waals surface area contributed by atoms with E-state index in [0.717, 1.165) is 15.8 Å². The number of ether oxygens (including phenoxy) is 1. The van der Waals surface area contributed by atoms with Crippen LogP contribution in [0, 0.1) is 0 Å². The van der Waals surface area contributed by atoms with Crippen molar-refractivity contribution in [2.24, 2.45) is 0 Å². The van der Waals surface area contributed by atoms with Crippen molar-refractivity contribution in [3.63, 3.8) is 0 Å². The largest absolute Gasteiger partial charge is 0.496 e. The average molecular weight is 260 g/mol. The summed E-state index contributed by atoms with van der Waals surface area (Å²) < 4.78 is 6.08. The number of rotatable bonds is 5. The van der Waals surface area contributed by atoms with Crippen molar-refractivity contribution in [2.45, 2.75) is 13.5 Å². The summed E-state index contributed by atoms with van der Waals surface area (Å²) in [7, 11) is 1.65. The standard InChI is InChI=1S/C10H14BrNO2/c1-3-14-12-7-8-4-5-10(13-2)9(11)6-8/h4-6,12H,3,7H2,1-2H3. The van der Waals surface area contributed by atoms with Gasteiger partial charge in [0.05, 0.1) is 18.2 Å². The molecular formula is C10H14BrNO2. The first kappa shape index (κ1) is 11.5. The third-order valence-corrected chi connectivity index (χ3v) is 2.36. The molecule has 0 bridgehead atoms. The predicted octanol–water partition coefficient (Wildman–Crippen LogP) is 2.50. The van der Waals surface area contributed by atoms with Crippen LogP contribution in [0.1, 0.15) is 12.5 Å². The molecule has 0 unspecified atom stereocenters. The van der Waals surface area contributed by atoms with E-state index in [1.54, 1.807) is 7.11 Å². The number of hydrogen-bond acceptors (Lipinski definition) is 3. The lowest BCUT2D eigenvalue weighted by atomic mass is 10.2. The van der Waals surface area contributed by atoms with E-state index < -0.39 is 0 Å². The maximum atomic E-state index is 5.13. The Bertz CT molecular complexity index is 291. The lowest BCUT2D eigenvalue weighted by Crippen LogP contribution is -2.13. The van der Waals surface area contributed by atoms with Crippen molar-refractivity contribution in [3.05, 3.63) is 28.2 Å². The molecule has 0 atom stereocenters. The molecule has 1 N–H and O–H groups in total. The summed E-state index contributed by atoms with van der Waals surface area (Å²) in [6.07, 6.45) is 0. The first-order valence-corrected chi connectivity index (χ1v) is 5.24. The summed E-state index contributed by atoms with van der Waals surface area (Å²) in [5.74, 6) is 0.838. The van der Waals surface area contributed by atoms with Crippen LogP contribution in [-0.2, 0) is 11.4 Å². The van der Waals surface area contributed by atoms with Gasteiger partial charge in [-0.2, -0.15) is 5.48 Å². The van der Waals surface area contributed by atoms with Gasteiger partial charge in [-0.05, 0) is 40.5 Å². The minimum atomic E-state index is 0.664. The van der Waals surface area contributed by atoms with Gasteiger partial charge >= 0.3 is 0 Å². The molecule has 0 saturated carbocycles. The fourth-order valence-corrected chi connectivity index (χ4v) is 1.64. The number of nitrogens with one attached hydrogen (secondary N) is 1. The van der Waals surface area contributed by atoms with Crippen LogP contribution in [0.2, 0.25) is 0 Å². The van der Waals surface area contributed by atoms with Gasteiger partial charge in [-0.15, -0.1) is 0 Å². The lowest BCUT2D eigenvalue weighted by Gasteiger charge is -2.07. The summed E-state index contributed by atoms with van der Waals surface area (Å²) in [5.41, 5.74) is 4.00. The minimum Gasteiger partial charge on any atom is -0.496 e. The topological polar surface area (TPSA) is 30.5 Å². The number of benzene rings is 1. The van der Waals surface area contributed by atoms with Crippen LogP contribution in [0.5, 0.6) is 5.75 Å². The Kier molecular flexibility index (Phi) is 4.93. The van der Waals surface area contributed by atoms with Crippen LogP contribution in [0.4, 0.5) is 0 Å². The summed E-state index contributed by atoms with van der Waals surface area (Å²) >= 11 is 3.42. The van der Waals surface area contributed by atoms with Crippen LogP contribution in [0.3, 0.4) is 0 Å². The van der Waals surface area contributed by atoms with E-state index in [9.17, 15) is 0 Å². The van der Waals surface area contributed by atoms with Gasteiger partial charge in [0.1, 0.15) is 5.75 Å². The van der Waals surface area contributed by atoms with Gasteiger partial charge in [0.2, 0.25) is 0 Å². The van der Waals surface area contributed by atoms with E-state index in [2.05, 4.69) is 21.4 Å². The number of halogens is 1. The fraction of sp³-hybridized carbons (Fsp3) is 0.400. The normalized spacial score (nSPS) is 10.2. The van der Waals surface area contributed by atoms with Crippen molar-refractivity contribution < 1.29 is 9.57 Å². The molecule has 1 aromatic rings. The molecule has 0 fully saturated rings. The van der Waals surface area contributed by atoms with Crippen molar-refractivity contribution in [1.29, 1.82) is 0 Å². The molecule has 0 spiro atoms. The van der Waals surface area contributed by atoms with Gasteiger partial charge in [0.25, 0.3) is 0 Å². The molecule has 1 aromatic carbocycles. The molecule has 0 heterocycles. The van der Waals surface area contributed by atoms with Crippen LogP contribution in [-0.4, -0.2) is 13.7 Å². The Morgan fingerprint density at radius 1 is 1.43 bits per heavy atom. The van der Waals surface area contributed by atoms with Crippen molar-refractivity contribution in [1.82, 2.24) is 5.48 Å². The monoisotopic (exact) mass is 259 g/mol. The van der Waals surface area contributed by atoms with Crippen LogP contribution >= 0.6 is 15.9 Å². The van der Waals surface area contributed by atoms with Crippen LogP contribution in [0.25, 0.3) is 0 Å². The Balaban J connectivity index is 2.57. The third-order valence-electron chi connectivity index (χ3n) is 1.74. The van der Waals surface area contributed by atoms with E-state index in [4.69, 9.17) is 9.57 Å². The molecule has 0 aliphatic heterocycles. The second kappa shape index (κ2) is 6.01. The maximum absolute atomic E-state index is 5.13. The Morgan fingerprint density at radius 3 is 2.79 bits per heavy atom. The average Bonchev–Trinajstić information content (AvgIpc) is 2.18. The first-order chi connectivity index (χ1) is 6.77. The lowest BCUT2D eigenvalue weighted by molar-refractivity contribution is 0.0463. The Hall–Kier alpha value is -0.580. The van der Waals surface area contributed by atoms with E-state index in [-0.39, 0.29) is 0 Å². The second-order valence-corrected chi connectivity index (χ2v) is 3.58. The number of hydroxylamine groups is 1. The smallest absolute Gasteiger partial charge is 0.133 e. The van der Waals surface area contributed by atoms with E-state index >= 15 is 0 Å². The van der Waals surface area contributed by atoms with Gasteiger partial charge in [0.15, 0.2) is 0 Å². The molecule has 0 radical (unpaired) electrons. The summed E-state index contributed by atoms with van der Waals surface area (Å²) in [4.78, 5) is 5.04. The highest BCUT2D eigenvalue weighted by molar-refractivity contribution is 9.10. The van der Waals surface area contributed by atoms with Gasteiger partial charge in [-0.25, -0.2) is 0 Å². The van der Waals surface area contributed by atoms with Gasteiger partial charge in [-0.3, -0.25) is 0 Å². The zero-order chi connectivity index (χ0) is 10.4. The van der Waals surface area contributed by atoms with Crippen molar-refractivity contribution in [2.75, 3.05) is 13.7 Å². The predicted molar refractivity (Wildman–Crippen MR) is 59.2 cm³/mol. The highest BCUT2D eigenvalue weighted by Gasteiger charge is 2.00. The molecule has 0 aliphatic rings. The first-order valence-electron chi connectivity index (χ1n) is 4.45. The molecule has 78 valence electrons. The quantitative estimate of drug-likeness (QED) is 0.651. The molecule has 0 amide bonds.